The molecule has 1 aromatic carbocycles. The molecule has 0 saturated carbocycles. The van der Waals surface area contributed by atoms with E-state index in [0.717, 1.165) is 25.7 Å². The fourth-order valence-electron chi connectivity index (χ4n) is 3.69. The highest BCUT2D eigenvalue weighted by Crippen LogP contribution is 2.72. The first-order valence-corrected chi connectivity index (χ1v) is 9.92. The number of carbonyl (C=O) groups excluding carboxylic acids is 1. The van der Waals surface area contributed by atoms with Gasteiger partial charge in [0.15, 0.2) is 0 Å². The molecule has 0 spiro atoms. The van der Waals surface area contributed by atoms with Crippen molar-refractivity contribution in [3.8, 4) is 11.5 Å². The summed E-state index contributed by atoms with van der Waals surface area (Å²) in [7, 11) is 3.17. The second kappa shape index (κ2) is 5.16. The van der Waals surface area contributed by atoms with Gasteiger partial charge in [0.25, 0.3) is 0 Å². The van der Waals surface area contributed by atoms with Crippen LogP contribution in [0.2, 0.25) is 0 Å². The molecule has 0 atom stereocenters. The monoisotopic (exact) mass is 310 g/mol. The molecule has 2 fully saturated rings. The van der Waals surface area contributed by atoms with Crippen LogP contribution in [0.25, 0.3) is 0 Å². The highest BCUT2D eigenvalue weighted by molar-refractivity contribution is 8.23. The first-order valence-electron chi connectivity index (χ1n) is 6.98. The summed E-state index contributed by atoms with van der Waals surface area (Å²) in [5, 5.41) is 0. The number of fused-ring (bicyclic) bond motifs is 2. The molecule has 3 rings (SSSR count). The summed E-state index contributed by atoms with van der Waals surface area (Å²) in [4.78, 5) is 13.2. The first-order chi connectivity index (χ1) is 9.62. The van der Waals surface area contributed by atoms with Gasteiger partial charge in [0, 0.05) is 6.04 Å². The topological polar surface area (TPSA) is 35.5 Å². The van der Waals surface area contributed by atoms with Crippen molar-refractivity contribution in [3.05, 3.63) is 23.8 Å². The van der Waals surface area contributed by atoms with Crippen molar-refractivity contribution in [2.45, 2.75) is 37.0 Å². The molecule has 2 saturated heterocycles. The Bertz CT molecular complexity index is 553. The number of carbonyl (C=O) groups is 1. The highest BCUT2D eigenvalue weighted by atomic mass is 32.4. The Kier molecular flexibility index (Phi) is 3.64. The Labute approximate surface area is 124 Å². The summed E-state index contributed by atoms with van der Waals surface area (Å²) in [6.07, 6.45) is 4.52. The van der Waals surface area contributed by atoms with Crippen LogP contribution >= 0.6 is 6.04 Å². The first kappa shape index (κ1) is 14.1. The van der Waals surface area contributed by atoms with E-state index in [9.17, 15) is 4.79 Å². The second-order valence-corrected chi connectivity index (χ2v) is 10.6. The zero-order chi connectivity index (χ0) is 14.3. The van der Waals surface area contributed by atoms with E-state index >= 15 is 0 Å². The maximum atomic E-state index is 13.2. The molecule has 5 heteroatoms. The smallest absolute Gasteiger partial charge is 0.201 e. The molecule has 0 aromatic heterocycles. The maximum Gasteiger partial charge on any atom is 0.201 e. The van der Waals surface area contributed by atoms with E-state index in [1.54, 1.807) is 14.2 Å². The standard InChI is InChI=1S/C15H19O3PS/c1-17-12-4-3-5-13(18-2)14(12)15(16)19(20)10-6-7-11(19)9-8-10/h3-5,10-11H,6-9H2,1-2H3. The molecule has 2 bridgehead atoms. The Morgan fingerprint density at radius 2 is 1.55 bits per heavy atom. The molecule has 0 aliphatic carbocycles. The summed E-state index contributed by atoms with van der Waals surface area (Å²) in [6.45, 7) is 0. The van der Waals surface area contributed by atoms with Crippen LogP contribution in [0, 0.1) is 0 Å². The second-order valence-electron chi connectivity index (χ2n) is 5.51. The van der Waals surface area contributed by atoms with Gasteiger partial charge in [-0.25, -0.2) is 0 Å². The predicted octanol–water partition coefficient (Wildman–Crippen LogP) is 3.65. The van der Waals surface area contributed by atoms with Crippen LogP contribution in [0.3, 0.4) is 0 Å². The molecular weight excluding hydrogens is 291 g/mol. The number of hydrogen-bond donors (Lipinski definition) is 0. The van der Waals surface area contributed by atoms with E-state index in [2.05, 4.69) is 0 Å². The Morgan fingerprint density at radius 3 is 1.95 bits per heavy atom. The van der Waals surface area contributed by atoms with Gasteiger partial charge in [0.2, 0.25) is 5.52 Å². The van der Waals surface area contributed by atoms with Crippen molar-refractivity contribution in [2.75, 3.05) is 14.2 Å². The van der Waals surface area contributed by atoms with E-state index in [-0.39, 0.29) is 5.52 Å². The lowest BCUT2D eigenvalue weighted by molar-refractivity contribution is 0.107. The highest BCUT2D eigenvalue weighted by Gasteiger charge is 2.52. The number of ether oxygens (including phenoxy) is 2. The molecule has 2 aliphatic heterocycles. The Balaban J connectivity index is 2.10. The van der Waals surface area contributed by atoms with Gasteiger partial charge in [-0.1, -0.05) is 17.9 Å². The van der Waals surface area contributed by atoms with Crippen LogP contribution in [0.1, 0.15) is 36.0 Å². The lowest BCUT2D eigenvalue weighted by atomic mass is 10.0. The SMILES string of the molecule is COc1cccc(OC)c1C(=O)P1(=S)C2CCC1CC2. The maximum absolute atomic E-state index is 13.2. The lowest BCUT2D eigenvalue weighted by Gasteiger charge is -2.22. The predicted molar refractivity (Wildman–Crippen MR) is 84.2 cm³/mol. The van der Waals surface area contributed by atoms with Crippen LogP contribution in [0.15, 0.2) is 18.2 Å². The Hall–Kier alpha value is -0.860. The van der Waals surface area contributed by atoms with Gasteiger partial charge in [-0.2, -0.15) is 0 Å². The van der Waals surface area contributed by atoms with Gasteiger partial charge in [0.1, 0.15) is 17.1 Å². The molecule has 1 aromatic rings. The summed E-state index contributed by atoms with van der Waals surface area (Å²) in [5.41, 5.74) is 1.60. The lowest BCUT2D eigenvalue weighted by Crippen LogP contribution is -2.11. The summed E-state index contributed by atoms with van der Waals surface area (Å²) in [5.74, 6) is 1.18. The van der Waals surface area contributed by atoms with Crippen LogP contribution < -0.4 is 9.47 Å². The summed E-state index contributed by atoms with van der Waals surface area (Å²) in [6, 6.07) is 3.47. The summed E-state index contributed by atoms with van der Waals surface area (Å²) < 4.78 is 10.8. The summed E-state index contributed by atoms with van der Waals surface area (Å²) >= 11 is 5.94. The van der Waals surface area contributed by atoms with E-state index in [0.29, 0.717) is 28.4 Å². The number of rotatable bonds is 4. The van der Waals surface area contributed by atoms with E-state index < -0.39 is 6.04 Å². The van der Waals surface area contributed by atoms with Crippen molar-refractivity contribution < 1.29 is 14.3 Å². The minimum absolute atomic E-state index is 0.131. The van der Waals surface area contributed by atoms with Gasteiger partial charge in [-0.05, 0) is 49.1 Å². The van der Waals surface area contributed by atoms with Gasteiger partial charge in [-0.3, -0.25) is 4.79 Å². The molecule has 3 nitrogen and oxygen atoms in total. The molecule has 0 unspecified atom stereocenters. The van der Waals surface area contributed by atoms with Crippen molar-refractivity contribution >= 4 is 23.4 Å². The molecule has 2 aliphatic rings. The van der Waals surface area contributed by atoms with Crippen molar-refractivity contribution in [1.82, 2.24) is 0 Å². The number of hydrogen-bond acceptors (Lipinski definition) is 4. The molecular formula is C15H19O3PS. The van der Waals surface area contributed by atoms with Crippen LogP contribution in [0.4, 0.5) is 0 Å². The molecule has 2 heterocycles. The molecule has 20 heavy (non-hydrogen) atoms. The van der Waals surface area contributed by atoms with Crippen LogP contribution in [0.5, 0.6) is 11.5 Å². The van der Waals surface area contributed by atoms with Gasteiger partial charge in [0.05, 0.1) is 14.2 Å². The minimum atomic E-state index is -2.00. The third kappa shape index (κ3) is 1.85. The van der Waals surface area contributed by atoms with Gasteiger partial charge < -0.3 is 9.47 Å². The van der Waals surface area contributed by atoms with Crippen molar-refractivity contribution in [1.29, 1.82) is 0 Å². The third-order valence-electron chi connectivity index (χ3n) is 4.71. The van der Waals surface area contributed by atoms with Gasteiger partial charge >= 0.3 is 0 Å². The third-order valence-corrected chi connectivity index (χ3v) is 11.1. The molecule has 0 amide bonds. The number of methoxy groups -OCH3 is 2. The largest absolute Gasteiger partial charge is 0.496 e. The molecule has 0 N–H and O–H groups in total. The fraction of sp³-hybridized carbons (Fsp3) is 0.533. The van der Waals surface area contributed by atoms with E-state index in [1.165, 1.54) is 0 Å². The van der Waals surface area contributed by atoms with E-state index in [1.807, 2.05) is 18.2 Å². The zero-order valence-electron chi connectivity index (χ0n) is 11.8. The number of benzene rings is 1. The zero-order valence-corrected chi connectivity index (χ0v) is 13.5. The average molecular weight is 310 g/mol. The van der Waals surface area contributed by atoms with Crippen molar-refractivity contribution in [2.24, 2.45) is 0 Å². The Morgan fingerprint density at radius 1 is 1.10 bits per heavy atom. The van der Waals surface area contributed by atoms with Crippen LogP contribution in [-0.4, -0.2) is 31.1 Å². The quantitative estimate of drug-likeness (QED) is 0.795. The molecule has 0 radical (unpaired) electrons. The van der Waals surface area contributed by atoms with Crippen LogP contribution in [-0.2, 0) is 11.8 Å². The fourth-order valence-corrected chi connectivity index (χ4v) is 9.19. The normalized spacial score (nSPS) is 31.3. The van der Waals surface area contributed by atoms with Gasteiger partial charge in [-0.15, -0.1) is 0 Å². The average Bonchev–Trinajstić information content (AvgIpc) is 2.99. The van der Waals surface area contributed by atoms with E-state index in [4.69, 9.17) is 21.3 Å². The van der Waals surface area contributed by atoms with Crippen molar-refractivity contribution in [3.63, 3.8) is 0 Å². The minimum Gasteiger partial charge on any atom is -0.496 e. The molecule has 108 valence electrons.